The summed E-state index contributed by atoms with van der Waals surface area (Å²) in [6.07, 6.45) is 1.25. The lowest BCUT2D eigenvalue weighted by Gasteiger charge is -2.38. The zero-order valence-corrected chi connectivity index (χ0v) is 19.2. The van der Waals surface area contributed by atoms with Gasteiger partial charge in [0, 0.05) is 30.4 Å². The number of alkyl halides is 4. The Morgan fingerprint density at radius 3 is 2.45 bits per heavy atom. The highest BCUT2D eigenvalue weighted by molar-refractivity contribution is 14.1. The van der Waals surface area contributed by atoms with E-state index in [1.807, 2.05) is 6.92 Å². The van der Waals surface area contributed by atoms with Crippen molar-refractivity contribution in [1.29, 1.82) is 0 Å². The normalized spacial score (nSPS) is 30.0. The van der Waals surface area contributed by atoms with Gasteiger partial charge in [0.1, 0.15) is 6.23 Å². The fourth-order valence-electron chi connectivity index (χ4n) is 3.66. The van der Waals surface area contributed by atoms with E-state index in [0.717, 1.165) is 32.4 Å². The third-order valence-electron chi connectivity index (χ3n) is 5.71. The molecule has 29 heavy (non-hydrogen) atoms. The molecule has 0 aromatic rings. The highest BCUT2D eigenvalue weighted by Gasteiger charge is 2.40. The van der Waals surface area contributed by atoms with Crippen LogP contribution in [0.25, 0.3) is 0 Å². The van der Waals surface area contributed by atoms with E-state index in [1.54, 1.807) is 24.4 Å². The van der Waals surface area contributed by atoms with E-state index in [4.69, 9.17) is 0 Å². The van der Waals surface area contributed by atoms with Crippen LogP contribution in [0.2, 0.25) is 0 Å². The summed E-state index contributed by atoms with van der Waals surface area (Å²) in [7, 11) is 0. The Hall–Kier alpha value is -0.400. The Morgan fingerprint density at radius 1 is 1.31 bits per heavy atom. The van der Waals surface area contributed by atoms with Crippen LogP contribution in [0, 0.1) is 5.92 Å². The zero-order valence-electron chi connectivity index (χ0n) is 17.0. The van der Waals surface area contributed by atoms with Crippen LogP contribution in [0.4, 0.5) is 13.2 Å². The molecule has 0 bridgehead atoms. The predicted molar refractivity (Wildman–Crippen MR) is 115 cm³/mol. The van der Waals surface area contributed by atoms with Gasteiger partial charge >= 0.3 is 6.30 Å². The number of likely N-dealkylation sites (tertiary alicyclic amines) is 1. The maximum atomic E-state index is 12.7. The number of aliphatic hydroxyl groups excluding tert-OH is 2. The first-order valence-electron chi connectivity index (χ1n) is 9.97. The third kappa shape index (κ3) is 7.35. The van der Waals surface area contributed by atoms with Crippen LogP contribution < -0.4 is 16.0 Å². The molecular formula is C19H32F3IN4O2. The Labute approximate surface area is 184 Å². The minimum atomic E-state index is -4.47. The van der Waals surface area contributed by atoms with E-state index in [0.29, 0.717) is 5.70 Å². The Kier molecular flexibility index (Phi) is 8.81. The van der Waals surface area contributed by atoms with Crippen molar-refractivity contribution in [2.45, 2.75) is 74.4 Å². The number of allylic oxidation sites excluding steroid dienone is 1. The maximum absolute atomic E-state index is 12.7. The van der Waals surface area contributed by atoms with Crippen molar-refractivity contribution < 1.29 is 23.4 Å². The summed E-state index contributed by atoms with van der Waals surface area (Å²) >= 11 is 2.26. The first kappa shape index (κ1) is 24.9. The van der Waals surface area contributed by atoms with Crippen LogP contribution >= 0.6 is 22.6 Å². The second kappa shape index (κ2) is 10.3. The van der Waals surface area contributed by atoms with Gasteiger partial charge in [0.25, 0.3) is 0 Å². The number of rotatable bonds is 8. The van der Waals surface area contributed by atoms with E-state index >= 15 is 0 Å². The van der Waals surface area contributed by atoms with Gasteiger partial charge < -0.3 is 15.5 Å². The lowest BCUT2D eigenvalue weighted by atomic mass is 9.82. The Balaban J connectivity index is 1.81. The van der Waals surface area contributed by atoms with Gasteiger partial charge in [-0.25, -0.2) is 5.32 Å². The molecule has 1 aliphatic carbocycles. The first-order chi connectivity index (χ1) is 13.4. The van der Waals surface area contributed by atoms with Crippen LogP contribution in [-0.2, 0) is 0 Å². The van der Waals surface area contributed by atoms with Gasteiger partial charge in [-0.2, -0.15) is 13.2 Å². The lowest BCUT2D eigenvalue weighted by molar-refractivity contribution is -0.172. The number of halogens is 4. The van der Waals surface area contributed by atoms with Crippen LogP contribution in [0.5, 0.6) is 0 Å². The smallest absolute Gasteiger partial charge is 0.377 e. The summed E-state index contributed by atoms with van der Waals surface area (Å²) in [5.41, 5.74) is -0.660. The number of nitrogens with one attached hydrogen (secondary N) is 3. The predicted octanol–water partition coefficient (Wildman–Crippen LogP) is 2.40. The molecule has 5 atom stereocenters. The Morgan fingerprint density at radius 2 is 1.93 bits per heavy atom. The molecule has 10 heteroatoms. The van der Waals surface area contributed by atoms with E-state index < -0.39 is 30.3 Å². The van der Waals surface area contributed by atoms with Crippen molar-refractivity contribution in [1.82, 2.24) is 20.9 Å². The van der Waals surface area contributed by atoms with Crippen molar-refractivity contribution in [3.63, 3.8) is 0 Å². The molecule has 1 heterocycles. The summed E-state index contributed by atoms with van der Waals surface area (Å²) in [5, 5.41) is 28.3. The molecule has 168 valence electrons. The molecule has 0 saturated carbocycles. The first-order valence-corrected chi connectivity index (χ1v) is 11.2. The molecule has 0 aromatic heterocycles. The average molecular weight is 532 g/mol. The molecule has 5 N–H and O–H groups in total. The minimum Gasteiger partial charge on any atom is -0.377 e. The zero-order chi connectivity index (χ0) is 21.8. The SMILES string of the molecule is CCC(I)C(O)N1CCC(NC(O)NC2=CC(C)[C@@](C)(NC(F)(F)F)C=C2)CC1. The third-order valence-corrected chi connectivity index (χ3v) is 7.23. The molecule has 0 aromatic carbocycles. The topological polar surface area (TPSA) is 79.8 Å². The van der Waals surface area contributed by atoms with Crippen molar-refractivity contribution in [3.05, 3.63) is 23.9 Å². The standard InChI is InChI=1S/C19H32F3IN4O2/c1-4-15(23)16(28)27-9-6-13(7-10-27)24-17(29)25-14-5-8-18(3,12(2)11-14)26-19(20,21)22/h5,8,11-13,15-17,24-26,28-29H,4,6-7,9-10H2,1-3H3/t12?,15?,16?,17?,18-/m0/s1. The molecule has 0 amide bonds. The monoisotopic (exact) mass is 532 g/mol. The number of hydrogen-bond acceptors (Lipinski definition) is 6. The van der Waals surface area contributed by atoms with Gasteiger partial charge in [-0.05, 0) is 38.2 Å². The number of piperidine rings is 1. The van der Waals surface area contributed by atoms with Gasteiger partial charge in [0.05, 0.1) is 3.92 Å². The molecule has 1 fully saturated rings. The molecule has 0 radical (unpaired) electrons. The summed E-state index contributed by atoms with van der Waals surface area (Å²) in [4.78, 5) is 2.06. The van der Waals surface area contributed by atoms with Gasteiger partial charge in [-0.1, -0.05) is 48.6 Å². The molecule has 0 spiro atoms. The highest BCUT2D eigenvalue weighted by atomic mass is 127. The number of hydrogen-bond donors (Lipinski definition) is 5. The van der Waals surface area contributed by atoms with Gasteiger partial charge in [-0.15, -0.1) is 0 Å². The fourth-order valence-corrected chi connectivity index (χ4v) is 4.12. The molecular weight excluding hydrogens is 500 g/mol. The van der Waals surface area contributed by atoms with E-state index in [1.165, 1.54) is 13.0 Å². The van der Waals surface area contributed by atoms with Crippen LogP contribution in [0.3, 0.4) is 0 Å². The lowest BCUT2D eigenvalue weighted by Crippen LogP contribution is -2.55. The van der Waals surface area contributed by atoms with Crippen molar-refractivity contribution in [3.8, 4) is 0 Å². The van der Waals surface area contributed by atoms with Gasteiger partial charge in [0.2, 0.25) is 0 Å². The van der Waals surface area contributed by atoms with Crippen LogP contribution in [0.15, 0.2) is 23.9 Å². The summed E-state index contributed by atoms with van der Waals surface area (Å²) in [6, 6.07) is 0.0954. The molecule has 2 aliphatic rings. The molecule has 4 unspecified atom stereocenters. The van der Waals surface area contributed by atoms with Crippen LogP contribution in [0.1, 0.15) is 40.0 Å². The van der Waals surface area contributed by atoms with Crippen LogP contribution in [-0.4, -0.2) is 62.6 Å². The molecule has 1 aliphatic heterocycles. The Bertz CT molecular complexity index is 596. The number of nitrogens with zero attached hydrogens (tertiary/aromatic N) is 1. The molecule has 6 nitrogen and oxygen atoms in total. The summed E-state index contributed by atoms with van der Waals surface area (Å²) < 4.78 is 38.3. The highest BCUT2D eigenvalue weighted by Crippen LogP contribution is 2.29. The number of aliphatic hydroxyl groups is 2. The second-order valence-corrected chi connectivity index (χ2v) is 9.61. The minimum absolute atomic E-state index is 0.0954. The van der Waals surface area contributed by atoms with E-state index in [9.17, 15) is 23.4 Å². The molecule has 2 rings (SSSR count). The fraction of sp³-hybridized carbons (Fsp3) is 0.789. The van der Waals surface area contributed by atoms with E-state index in [-0.39, 0.29) is 9.97 Å². The summed E-state index contributed by atoms with van der Waals surface area (Å²) in [6.45, 7) is 6.72. The second-order valence-electron chi connectivity index (χ2n) is 8.01. The van der Waals surface area contributed by atoms with E-state index in [2.05, 4.69) is 38.1 Å². The van der Waals surface area contributed by atoms with Crippen molar-refractivity contribution in [2.24, 2.45) is 5.92 Å². The average Bonchev–Trinajstić information content (AvgIpc) is 2.63. The largest absolute Gasteiger partial charge is 0.457 e. The maximum Gasteiger partial charge on any atom is 0.457 e. The van der Waals surface area contributed by atoms with Gasteiger partial charge in [0.15, 0.2) is 6.35 Å². The molecule has 1 saturated heterocycles. The van der Waals surface area contributed by atoms with Crippen molar-refractivity contribution in [2.75, 3.05) is 13.1 Å². The van der Waals surface area contributed by atoms with Gasteiger partial charge in [-0.3, -0.25) is 10.2 Å². The van der Waals surface area contributed by atoms with Crippen molar-refractivity contribution >= 4 is 22.6 Å². The quantitative estimate of drug-likeness (QED) is 0.143. The summed E-state index contributed by atoms with van der Waals surface area (Å²) in [5.74, 6) is -0.423.